The highest BCUT2D eigenvalue weighted by Gasteiger charge is 2.12. The molecule has 0 radical (unpaired) electrons. The van der Waals surface area contributed by atoms with Crippen LogP contribution < -0.4 is 4.74 Å². The van der Waals surface area contributed by atoms with Crippen LogP contribution >= 0.6 is 0 Å². The first-order chi connectivity index (χ1) is 9.74. The molecule has 2 rings (SSSR count). The zero-order chi connectivity index (χ0) is 14.4. The first-order valence-electron chi connectivity index (χ1n) is 7.14. The molecule has 0 aliphatic carbocycles. The first-order valence-corrected chi connectivity index (χ1v) is 7.14. The van der Waals surface area contributed by atoms with Gasteiger partial charge in [0.1, 0.15) is 12.4 Å². The molecule has 0 heterocycles. The molecule has 1 atom stereocenters. The van der Waals surface area contributed by atoms with Crippen molar-refractivity contribution in [1.82, 2.24) is 0 Å². The Hall–Kier alpha value is -1.58. The number of ether oxygens (including phenoxy) is 2. The third kappa shape index (κ3) is 3.50. The lowest BCUT2D eigenvalue weighted by atomic mass is 10.0. The van der Waals surface area contributed by atoms with Crippen LogP contribution in [0.1, 0.15) is 31.9 Å². The van der Waals surface area contributed by atoms with E-state index < -0.39 is 6.10 Å². The summed E-state index contributed by atoms with van der Waals surface area (Å²) in [6.45, 7) is 5.65. The number of benzene rings is 2. The lowest BCUT2D eigenvalue weighted by Gasteiger charge is -2.16. The molecule has 0 saturated heterocycles. The van der Waals surface area contributed by atoms with Crippen molar-refractivity contribution in [2.45, 2.75) is 26.4 Å². The van der Waals surface area contributed by atoms with Crippen molar-refractivity contribution in [2.75, 3.05) is 19.8 Å². The molecule has 1 N–H and O–H groups in total. The van der Waals surface area contributed by atoms with Gasteiger partial charge in [0.2, 0.25) is 0 Å². The van der Waals surface area contributed by atoms with Gasteiger partial charge in [0.15, 0.2) is 0 Å². The lowest BCUT2D eigenvalue weighted by molar-refractivity contribution is 0.0992. The molecule has 0 aliphatic rings. The zero-order valence-corrected chi connectivity index (χ0v) is 12.1. The average Bonchev–Trinajstić information content (AvgIpc) is 2.46. The summed E-state index contributed by atoms with van der Waals surface area (Å²) in [6.07, 6.45) is 0.457. The van der Waals surface area contributed by atoms with E-state index in [0.29, 0.717) is 13.2 Å². The van der Waals surface area contributed by atoms with E-state index in [0.717, 1.165) is 35.1 Å². The highest BCUT2D eigenvalue weighted by atomic mass is 16.5. The molecule has 0 aromatic heterocycles. The molecule has 0 unspecified atom stereocenters. The summed E-state index contributed by atoms with van der Waals surface area (Å²) in [5.74, 6) is 0.762. The molecule has 0 aliphatic heterocycles. The van der Waals surface area contributed by atoms with E-state index in [9.17, 15) is 5.11 Å². The van der Waals surface area contributed by atoms with Crippen molar-refractivity contribution >= 4 is 10.8 Å². The van der Waals surface area contributed by atoms with Gasteiger partial charge >= 0.3 is 0 Å². The van der Waals surface area contributed by atoms with Crippen molar-refractivity contribution in [3.8, 4) is 5.75 Å². The summed E-state index contributed by atoms with van der Waals surface area (Å²) in [6, 6.07) is 12.0. The summed E-state index contributed by atoms with van der Waals surface area (Å²) in [7, 11) is 0. The predicted octanol–water partition coefficient (Wildman–Crippen LogP) is 3.70. The molecule has 0 amide bonds. The minimum Gasteiger partial charge on any atom is -0.490 e. The van der Waals surface area contributed by atoms with Gasteiger partial charge in [0.05, 0.1) is 12.7 Å². The molecule has 0 saturated carbocycles. The first kappa shape index (κ1) is 14.8. The second-order valence-electron chi connectivity index (χ2n) is 4.84. The summed E-state index contributed by atoms with van der Waals surface area (Å²) in [5.41, 5.74) is 0.819. The van der Waals surface area contributed by atoms with Crippen LogP contribution in [0.5, 0.6) is 5.75 Å². The number of aliphatic hydroxyl groups is 1. The lowest BCUT2D eigenvalue weighted by Crippen LogP contribution is -2.09. The Morgan fingerprint density at radius 3 is 2.60 bits per heavy atom. The SMILES string of the molecule is CCCOCCOc1c([C@@H](C)O)ccc2ccccc12. The normalized spacial score (nSPS) is 12.6. The van der Waals surface area contributed by atoms with Crippen LogP contribution in [0.15, 0.2) is 36.4 Å². The number of fused-ring (bicyclic) bond motifs is 1. The van der Waals surface area contributed by atoms with Gasteiger partial charge in [-0.15, -0.1) is 0 Å². The van der Waals surface area contributed by atoms with Gasteiger partial charge in [-0.05, 0) is 18.7 Å². The monoisotopic (exact) mass is 274 g/mol. The van der Waals surface area contributed by atoms with Crippen molar-refractivity contribution in [2.24, 2.45) is 0 Å². The highest BCUT2D eigenvalue weighted by molar-refractivity contribution is 5.89. The van der Waals surface area contributed by atoms with E-state index in [2.05, 4.69) is 6.92 Å². The quantitative estimate of drug-likeness (QED) is 0.782. The number of aliphatic hydroxyl groups excluding tert-OH is 1. The summed E-state index contributed by atoms with van der Waals surface area (Å²) in [5, 5.41) is 12.0. The van der Waals surface area contributed by atoms with Crippen LogP contribution in [0.25, 0.3) is 10.8 Å². The van der Waals surface area contributed by atoms with Gasteiger partial charge < -0.3 is 14.6 Å². The van der Waals surface area contributed by atoms with E-state index >= 15 is 0 Å². The Balaban J connectivity index is 2.21. The fourth-order valence-electron chi connectivity index (χ4n) is 2.20. The number of hydrogen-bond acceptors (Lipinski definition) is 3. The summed E-state index contributed by atoms with van der Waals surface area (Å²) in [4.78, 5) is 0. The smallest absolute Gasteiger partial charge is 0.133 e. The molecular formula is C17H22O3. The summed E-state index contributed by atoms with van der Waals surface area (Å²) >= 11 is 0. The molecule has 0 bridgehead atoms. The number of rotatable bonds is 7. The second kappa shape index (κ2) is 7.27. The van der Waals surface area contributed by atoms with Crippen LogP contribution in [-0.2, 0) is 4.74 Å². The Bertz CT molecular complexity index is 549. The Morgan fingerprint density at radius 1 is 1.05 bits per heavy atom. The molecule has 0 spiro atoms. The summed E-state index contributed by atoms with van der Waals surface area (Å²) < 4.78 is 11.3. The average molecular weight is 274 g/mol. The van der Waals surface area contributed by atoms with Gasteiger partial charge in [0, 0.05) is 17.6 Å². The van der Waals surface area contributed by atoms with Crippen molar-refractivity contribution < 1.29 is 14.6 Å². The highest BCUT2D eigenvalue weighted by Crippen LogP contribution is 2.33. The Labute approximate surface area is 120 Å². The largest absolute Gasteiger partial charge is 0.490 e. The van der Waals surface area contributed by atoms with Crippen molar-refractivity contribution in [3.63, 3.8) is 0 Å². The van der Waals surface area contributed by atoms with Crippen molar-refractivity contribution in [3.05, 3.63) is 42.0 Å². The van der Waals surface area contributed by atoms with Gasteiger partial charge in [-0.25, -0.2) is 0 Å². The zero-order valence-electron chi connectivity index (χ0n) is 12.1. The second-order valence-corrected chi connectivity index (χ2v) is 4.84. The standard InChI is InChI=1S/C17H22O3/c1-3-10-19-11-12-20-17-15(13(2)18)9-8-14-6-4-5-7-16(14)17/h4-9,13,18H,3,10-12H2,1-2H3/t13-/m1/s1. The minimum atomic E-state index is -0.550. The molecular weight excluding hydrogens is 252 g/mol. The number of hydrogen-bond donors (Lipinski definition) is 1. The molecule has 2 aromatic rings. The fourth-order valence-corrected chi connectivity index (χ4v) is 2.20. The maximum absolute atomic E-state index is 9.89. The maximum Gasteiger partial charge on any atom is 0.133 e. The van der Waals surface area contributed by atoms with Crippen LogP contribution in [-0.4, -0.2) is 24.9 Å². The van der Waals surface area contributed by atoms with Crippen LogP contribution in [0.2, 0.25) is 0 Å². The van der Waals surface area contributed by atoms with Gasteiger partial charge in [-0.3, -0.25) is 0 Å². The van der Waals surface area contributed by atoms with E-state index in [1.807, 2.05) is 36.4 Å². The third-order valence-electron chi connectivity index (χ3n) is 3.18. The molecule has 2 aromatic carbocycles. The molecule has 3 heteroatoms. The molecule has 3 nitrogen and oxygen atoms in total. The maximum atomic E-state index is 9.89. The Kier molecular flexibility index (Phi) is 5.39. The van der Waals surface area contributed by atoms with E-state index in [1.165, 1.54) is 0 Å². The fraction of sp³-hybridized carbons (Fsp3) is 0.412. The van der Waals surface area contributed by atoms with Crippen LogP contribution in [0, 0.1) is 0 Å². The topological polar surface area (TPSA) is 38.7 Å². The van der Waals surface area contributed by atoms with Gasteiger partial charge in [0.25, 0.3) is 0 Å². The van der Waals surface area contributed by atoms with E-state index in [1.54, 1.807) is 6.92 Å². The van der Waals surface area contributed by atoms with Crippen LogP contribution in [0.3, 0.4) is 0 Å². The van der Waals surface area contributed by atoms with Crippen molar-refractivity contribution in [1.29, 1.82) is 0 Å². The third-order valence-corrected chi connectivity index (χ3v) is 3.18. The van der Waals surface area contributed by atoms with Crippen LogP contribution in [0.4, 0.5) is 0 Å². The minimum absolute atomic E-state index is 0.494. The van der Waals surface area contributed by atoms with Gasteiger partial charge in [-0.1, -0.05) is 43.3 Å². The molecule has 0 fully saturated rings. The van der Waals surface area contributed by atoms with E-state index in [4.69, 9.17) is 9.47 Å². The Morgan fingerprint density at radius 2 is 1.85 bits per heavy atom. The van der Waals surface area contributed by atoms with E-state index in [-0.39, 0.29) is 0 Å². The molecule has 108 valence electrons. The van der Waals surface area contributed by atoms with Gasteiger partial charge in [-0.2, -0.15) is 0 Å². The molecule has 20 heavy (non-hydrogen) atoms. The predicted molar refractivity (Wildman–Crippen MR) is 81.2 cm³/mol.